The predicted octanol–water partition coefficient (Wildman–Crippen LogP) is 6.13. The molecule has 0 saturated heterocycles. The average Bonchev–Trinajstić information content (AvgIpc) is 2.61. The van der Waals surface area contributed by atoms with Crippen LogP contribution in [-0.2, 0) is 14.3 Å². The minimum absolute atomic E-state index is 0.0832. The van der Waals surface area contributed by atoms with Crippen molar-refractivity contribution >= 4 is 18.2 Å². The molecule has 2 aromatic carbocycles. The lowest BCUT2D eigenvalue weighted by molar-refractivity contribution is 0.187. The van der Waals surface area contributed by atoms with Crippen molar-refractivity contribution in [3.63, 3.8) is 0 Å². The molecule has 2 aromatic rings. The molecule has 0 saturated carbocycles. The van der Waals surface area contributed by atoms with Gasteiger partial charge in [-0.3, -0.25) is 0 Å². The standard InChI is InChI=1S/C22H30O3SSi/c1-22(2,3)27(4,5)25-21(19-13-8-6-9-14-19)17-12-18-26(23,24)20-15-10-7-11-16-20/h6-16,18,21H,17H2,1-5H3/b18-12+. The molecule has 5 heteroatoms. The molecule has 0 aliphatic carbocycles. The molecular formula is C22H30O3SSi. The van der Waals surface area contributed by atoms with Gasteiger partial charge in [-0.1, -0.05) is 75.4 Å². The van der Waals surface area contributed by atoms with Gasteiger partial charge in [-0.05, 0) is 42.2 Å². The van der Waals surface area contributed by atoms with E-state index >= 15 is 0 Å². The Hall–Kier alpha value is -1.69. The van der Waals surface area contributed by atoms with E-state index in [0.29, 0.717) is 11.3 Å². The van der Waals surface area contributed by atoms with E-state index in [2.05, 4.69) is 33.9 Å². The maximum atomic E-state index is 12.5. The zero-order valence-corrected chi connectivity index (χ0v) is 18.7. The molecule has 0 aromatic heterocycles. The van der Waals surface area contributed by atoms with Crippen LogP contribution in [0.3, 0.4) is 0 Å². The molecule has 0 heterocycles. The normalized spacial score (nSPS) is 14.4. The van der Waals surface area contributed by atoms with Gasteiger partial charge in [-0.15, -0.1) is 0 Å². The van der Waals surface area contributed by atoms with Crippen LogP contribution < -0.4 is 0 Å². The topological polar surface area (TPSA) is 43.4 Å². The second-order valence-electron chi connectivity index (χ2n) is 8.24. The van der Waals surface area contributed by atoms with Crippen LogP contribution in [0.1, 0.15) is 38.9 Å². The zero-order chi connectivity index (χ0) is 20.1. The van der Waals surface area contributed by atoms with Crippen LogP contribution in [0.5, 0.6) is 0 Å². The van der Waals surface area contributed by atoms with Crippen molar-refractivity contribution in [2.24, 2.45) is 0 Å². The molecule has 0 N–H and O–H groups in total. The smallest absolute Gasteiger partial charge is 0.199 e. The van der Waals surface area contributed by atoms with E-state index in [1.807, 2.05) is 30.3 Å². The quantitative estimate of drug-likeness (QED) is 0.523. The van der Waals surface area contributed by atoms with Crippen LogP contribution in [0.15, 0.2) is 77.0 Å². The van der Waals surface area contributed by atoms with E-state index in [-0.39, 0.29) is 11.1 Å². The average molecular weight is 403 g/mol. The van der Waals surface area contributed by atoms with Crippen LogP contribution in [0.4, 0.5) is 0 Å². The molecule has 3 nitrogen and oxygen atoms in total. The summed E-state index contributed by atoms with van der Waals surface area (Å²) in [6.07, 6.45) is 2.07. The first-order valence-corrected chi connectivity index (χ1v) is 13.7. The Labute approximate surface area is 165 Å². The fourth-order valence-electron chi connectivity index (χ4n) is 2.45. The molecule has 0 aliphatic rings. The molecule has 0 bridgehead atoms. The summed E-state index contributed by atoms with van der Waals surface area (Å²) in [4.78, 5) is 0.308. The van der Waals surface area contributed by atoms with Crippen LogP contribution in [-0.4, -0.2) is 16.7 Å². The highest BCUT2D eigenvalue weighted by Crippen LogP contribution is 2.40. The second-order valence-corrected chi connectivity index (χ2v) is 14.8. The Morgan fingerprint density at radius 1 is 0.963 bits per heavy atom. The van der Waals surface area contributed by atoms with Gasteiger partial charge < -0.3 is 4.43 Å². The van der Waals surface area contributed by atoms with Crippen molar-refractivity contribution < 1.29 is 12.8 Å². The summed E-state index contributed by atoms with van der Waals surface area (Å²) >= 11 is 0. The van der Waals surface area contributed by atoms with Crippen molar-refractivity contribution in [3.05, 3.63) is 77.7 Å². The van der Waals surface area contributed by atoms with Gasteiger partial charge >= 0.3 is 0 Å². The number of hydrogen-bond donors (Lipinski definition) is 0. The van der Waals surface area contributed by atoms with Crippen molar-refractivity contribution in [3.8, 4) is 0 Å². The largest absolute Gasteiger partial charge is 0.410 e. The Kier molecular flexibility index (Phi) is 6.84. The molecule has 2 rings (SSSR count). The maximum absolute atomic E-state index is 12.5. The zero-order valence-electron chi connectivity index (χ0n) is 16.8. The third-order valence-corrected chi connectivity index (χ3v) is 11.1. The first-order valence-electron chi connectivity index (χ1n) is 9.22. The van der Waals surface area contributed by atoms with Gasteiger partial charge in [-0.25, -0.2) is 8.42 Å². The Morgan fingerprint density at radius 2 is 1.48 bits per heavy atom. The van der Waals surface area contributed by atoms with E-state index in [0.717, 1.165) is 5.56 Å². The number of sulfone groups is 1. The van der Waals surface area contributed by atoms with Crippen molar-refractivity contribution in [1.29, 1.82) is 0 Å². The van der Waals surface area contributed by atoms with Gasteiger partial charge in [0.1, 0.15) is 0 Å². The summed E-state index contributed by atoms with van der Waals surface area (Å²) in [7, 11) is -5.43. The number of rotatable bonds is 7. The SMILES string of the molecule is CC(C)(C)[Si](C)(C)OC(C/C=C/S(=O)(=O)c1ccccc1)c1ccccc1. The predicted molar refractivity (Wildman–Crippen MR) is 115 cm³/mol. The second kappa shape index (κ2) is 8.55. The molecular weight excluding hydrogens is 372 g/mol. The Morgan fingerprint density at radius 3 is 2.00 bits per heavy atom. The summed E-state index contributed by atoms with van der Waals surface area (Å²) in [5.41, 5.74) is 1.07. The van der Waals surface area contributed by atoms with Gasteiger partial charge in [0.25, 0.3) is 0 Å². The maximum Gasteiger partial charge on any atom is 0.199 e. The summed E-state index contributed by atoms with van der Waals surface area (Å²) in [5, 5.41) is 1.38. The third kappa shape index (κ3) is 5.89. The Balaban J connectivity index is 2.23. The van der Waals surface area contributed by atoms with Gasteiger partial charge in [0.2, 0.25) is 0 Å². The summed E-state index contributed by atoms with van der Waals surface area (Å²) < 4.78 is 31.6. The van der Waals surface area contributed by atoms with Crippen LogP contribution in [0, 0.1) is 0 Å². The van der Waals surface area contributed by atoms with Gasteiger partial charge in [0.05, 0.1) is 11.0 Å². The van der Waals surface area contributed by atoms with Crippen molar-refractivity contribution in [1.82, 2.24) is 0 Å². The highest BCUT2D eigenvalue weighted by molar-refractivity contribution is 7.94. The third-order valence-electron chi connectivity index (χ3n) is 5.11. The number of hydrogen-bond acceptors (Lipinski definition) is 3. The van der Waals surface area contributed by atoms with Gasteiger partial charge in [0, 0.05) is 5.41 Å². The van der Waals surface area contributed by atoms with E-state index < -0.39 is 18.2 Å². The minimum atomic E-state index is -3.44. The van der Waals surface area contributed by atoms with Gasteiger partial charge in [-0.2, -0.15) is 0 Å². The molecule has 146 valence electrons. The van der Waals surface area contributed by atoms with E-state index in [1.54, 1.807) is 36.4 Å². The summed E-state index contributed by atoms with van der Waals surface area (Å²) in [6, 6.07) is 18.5. The summed E-state index contributed by atoms with van der Waals surface area (Å²) in [5.74, 6) is 0. The lowest BCUT2D eigenvalue weighted by Crippen LogP contribution is -2.41. The molecule has 0 fully saturated rings. The number of benzene rings is 2. The Bertz CT molecular complexity index is 851. The lowest BCUT2D eigenvalue weighted by atomic mass is 10.1. The van der Waals surface area contributed by atoms with Crippen LogP contribution in [0.25, 0.3) is 0 Å². The molecule has 1 atom stereocenters. The minimum Gasteiger partial charge on any atom is -0.410 e. The highest BCUT2D eigenvalue weighted by Gasteiger charge is 2.39. The molecule has 27 heavy (non-hydrogen) atoms. The van der Waals surface area contributed by atoms with E-state index in [4.69, 9.17) is 4.43 Å². The first kappa shape index (κ1) is 21.6. The fourth-order valence-corrected chi connectivity index (χ4v) is 4.80. The molecule has 0 spiro atoms. The van der Waals surface area contributed by atoms with Crippen molar-refractivity contribution in [2.75, 3.05) is 0 Å². The first-order chi connectivity index (χ1) is 12.5. The summed E-state index contributed by atoms with van der Waals surface area (Å²) in [6.45, 7) is 11.0. The van der Waals surface area contributed by atoms with Crippen LogP contribution >= 0.6 is 0 Å². The molecule has 0 aliphatic heterocycles. The fraction of sp³-hybridized carbons (Fsp3) is 0.364. The molecule has 0 amide bonds. The van der Waals surface area contributed by atoms with Crippen LogP contribution in [0.2, 0.25) is 18.1 Å². The van der Waals surface area contributed by atoms with Gasteiger partial charge in [0.15, 0.2) is 18.2 Å². The van der Waals surface area contributed by atoms with E-state index in [1.165, 1.54) is 5.41 Å². The van der Waals surface area contributed by atoms with Crippen molar-refractivity contribution in [2.45, 2.75) is 56.3 Å². The highest BCUT2D eigenvalue weighted by atomic mass is 32.2. The molecule has 0 radical (unpaired) electrons. The van der Waals surface area contributed by atoms with E-state index in [9.17, 15) is 8.42 Å². The molecule has 1 unspecified atom stereocenters. The lowest BCUT2D eigenvalue weighted by Gasteiger charge is -2.39. The monoisotopic (exact) mass is 402 g/mol.